The fourth-order valence-corrected chi connectivity index (χ4v) is 3.71. The molecule has 0 bridgehead atoms. The van der Waals surface area contributed by atoms with Crippen molar-refractivity contribution < 1.29 is 0 Å². The van der Waals surface area contributed by atoms with Crippen molar-refractivity contribution in [3.8, 4) is 0 Å². The van der Waals surface area contributed by atoms with Crippen molar-refractivity contribution in [3.63, 3.8) is 0 Å². The highest BCUT2D eigenvalue weighted by atomic mass is 15.2. The van der Waals surface area contributed by atoms with E-state index < -0.39 is 0 Å². The summed E-state index contributed by atoms with van der Waals surface area (Å²) >= 11 is 0. The third kappa shape index (κ3) is 4.08. The van der Waals surface area contributed by atoms with Crippen molar-refractivity contribution in [2.45, 2.75) is 51.6 Å². The molecule has 1 saturated heterocycles. The first-order valence-corrected chi connectivity index (χ1v) is 8.75. The Bertz CT molecular complexity index is 424. The molecular weight excluding hydrogens is 256 g/mol. The number of hydrogen-bond acceptors (Lipinski definition) is 2. The first kappa shape index (κ1) is 15.1. The smallest absolute Gasteiger partial charge is 0.0244 e. The summed E-state index contributed by atoms with van der Waals surface area (Å²) in [4.78, 5) is 2.77. The van der Waals surface area contributed by atoms with Gasteiger partial charge in [-0.05, 0) is 49.6 Å². The van der Waals surface area contributed by atoms with Crippen LogP contribution in [0.1, 0.15) is 38.7 Å². The maximum Gasteiger partial charge on any atom is 0.0244 e. The van der Waals surface area contributed by atoms with Crippen LogP contribution >= 0.6 is 0 Å². The van der Waals surface area contributed by atoms with Crippen molar-refractivity contribution in [2.75, 3.05) is 19.6 Å². The first-order chi connectivity index (χ1) is 10.2. The van der Waals surface area contributed by atoms with E-state index in [0.717, 1.165) is 23.9 Å². The molecule has 116 valence electrons. The van der Waals surface area contributed by atoms with Gasteiger partial charge in [-0.1, -0.05) is 44.2 Å². The molecule has 2 atom stereocenters. The van der Waals surface area contributed by atoms with Gasteiger partial charge in [-0.25, -0.2) is 0 Å². The summed E-state index contributed by atoms with van der Waals surface area (Å²) in [6, 6.07) is 12.4. The molecule has 1 aromatic rings. The Morgan fingerprint density at radius 2 is 1.95 bits per heavy atom. The largest absolute Gasteiger partial charge is 0.311 e. The van der Waals surface area contributed by atoms with Gasteiger partial charge in [0.15, 0.2) is 0 Å². The van der Waals surface area contributed by atoms with Crippen LogP contribution in [-0.2, 0) is 6.42 Å². The van der Waals surface area contributed by atoms with E-state index in [9.17, 15) is 0 Å². The van der Waals surface area contributed by atoms with E-state index >= 15 is 0 Å². The maximum absolute atomic E-state index is 3.81. The Morgan fingerprint density at radius 3 is 2.62 bits per heavy atom. The minimum absolute atomic E-state index is 0.718. The average Bonchev–Trinajstić information content (AvgIpc) is 3.33. The van der Waals surface area contributed by atoms with E-state index in [4.69, 9.17) is 0 Å². The minimum atomic E-state index is 0.718. The number of hydrogen-bond donors (Lipinski definition) is 1. The van der Waals surface area contributed by atoms with Crippen LogP contribution in [0, 0.1) is 11.8 Å². The summed E-state index contributed by atoms with van der Waals surface area (Å²) in [5, 5.41) is 3.81. The van der Waals surface area contributed by atoms with E-state index in [0.29, 0.717) is 0 Å². The molecule has 1 heterocycles. The van der Waals surface area contributed by atoms with Gasteiger partial charge in [0, 0.05) is 25.2 Å². The lowest BCUT2D eigenvalue weighted by molar-refractivity contribution is 0.0912. The molecule has 1 aromatic carbocycles. The zero-order chi connectivity index (χ0) is 14.7. The van der Waals surface area contributed by atoms with Crippen LogP contribution in [0.2, 0.25) is 0 Å². The highest BCUT2D eigenvalue weighted by molar-refractivity contribution is 5.14. The van der Waals surface area contributed by atoms with Crippen LogP contribution in [0.3, 0.4) is 0 Å². The van der Waals surface area contributed by atoms with Crippen LogP contribution in [0.4, 0.5) is 0 Å². The van der Waals surface area contributed by atoms with Crippen molar-refractivity contribution >= 4 is 0 Å². The second kappa shape index (κ2) is 6.93. The fraction of sp³-hybridized carbons (Fsp3) is 0.684. The number of piperazine rings is 1. The van der Waals surface area contributed by atoms with Crippen LogP contribution in [-0.4, -0.2) is 36.6 Å². The minimum Gasteiger partial charge on any atom is -0.311 e. The van der Waals surface area contributed by atoms with Crippen LogP contribution in [0.25, 0.3) is 0 Å². The second-order valence-corrected chi connectivity index (χ2v) is 7.25. The molecule has 2 heteroatoms. The Kier molecular flexibility index (Phi) is 4.97. The molecule has 2 aliphatic rings. The summed E-state index contributed by atoms with van der Waals surface area (Å²) in [6.07, 6.45) is 5.39. The van der Waals surface area contributed by atoms with Crippen LogP contribution in [0.5, 0.6) is 0 Å². The highest BCUT2D eigenvalue weighted by Gasteiger charge is 2.37. The SMILES string of the molecule is CC(C)C1CNC(C2CC2)CN1CCCc1ccccc1. The van der Waals surface area contributed by atoms with Gasteiger partial charge >= 0.3 is 0 Å². The second-order valence-electron chi connectivity index (χ2n) is 7.25. The van der Waals surface area contributed by atoms with Crippen molar-refractivity contribution in [1.82, 2.24) is 10.2 Å². The van der Waals surface area contributed by atoms with E-state index in [1.54, 1.807) is 0 Å². The summed E-state index contributed by atoms with van der Waals surface area (Å²) in [5.41, 5.74) is 1.48. The molecule has 2 nitrogen and oxygen atoms in total. The van der Waals surface area contributed by atoms with E-state index in [1.807, 2.05) is 0 Å². The standard InChI is InChI=1S/C19H30N2/c1-15(2)19-13-20-18(17-10-11-17)14-21(19)12-6-9-16-7-4-3-5-8-16/h3-5,7-8,15,17-20H,6,9-14H2,1-2H3. The lowest BCUT2D eigenvalue weighted by Gasteiger charge is -2.42. The van der Waals surface area contributed by atoms with Crippen molar-refractivity contribution in [3.05, 3.63) is 35.9 Å². The van der Waals surface area contributed by atoms with Crippen LogP contribution < -0.4 is 5.32 Å². The van der Waals surface area contributed by atoms with E-state index in [-0.39, 0.29) is 0 Å². The van der Waals surface area contributed by atoms with Gasteiger partial charge in [0.25, 0.3) is 0 Å². The lowest BCUT2D eigenvalue weighted by atomic mass is 9.96. The number of nitrogens with one attached hydrogen (secondary N) is 1. The first-order valence-electron chi connectivity index (χ1n) is 8.75. The fourth-order valence-electron chi connectivity index (χ4n) is 3.71. The molecule has 1 aliphatic heterocycles. The molecule has 3 rings (SSSR count). The molecule has 21 heavy (non-hydrogen) atoms. The Hall–Kier alpha value is -0.860. The summed E-state index contributed by atoms with van der Waals surface area (Å²) < 4.78 is 0. The molecule has 2 fully saturated rings. The molecule has 2 unspecified atom stereocenters. The number of aryl methyl sites for hydroxylation is 1. The van der Waals surface area contributed by atoms with Crippen LogP contribution in [0.15, 0.2) is 30.3 Å². The molecule has 0 spiro atoms. The van der Waals surface area contributed by atoms with Gasteiger partial charge in [-0.15, -0.1) is 0 Å². The molecule has 0 amide bonds. The molecule has 0 aromatic heterocycles. The molecule has 1 N–H and O–H groups in total. The van der Waals surface area contributed by atoms with Crippen molar-refractivity contribution in [1.29, 1.82) is 0 Å². The number of benzene rings is 1. The lowest BCUT2D eigenvalue weighted by Crippen LogP contribution is -2.59. The monoisotopic (exact) mass is 286 g/mol. The highest BCUT2D eigenvalue weighted by Crippen LogP contribution is 2.34. The molecule has 1 aliphatic carbocycles. The molecule has 1 saturated carbocycles. The third-order valence-corrected chi connectivity index (χ3v) is 5.20. The number of rotatable bonds is 6. The van der Waals surface area contributed by atoms with E-state index in [2.05, 4.69) is 54.4 Å². The predicted octanol–water partition coefficient (Wildman–Crippen LogP) is 3.33. The number of nitrogens with zero attached hydrogens (tertiary/aromatic N) is 1. The molecular formula is C19H30N2. The Labute approximate surface area is 129 Å². The van der Waals surface area contributed by atoms with Gasteiger partial charge in [-0.2, -0.15) is 0 Å². The van der Waals surface area contributed by atoms with E-state index in [1.165, 1.54) is 50.9 Å². The van der Waals surface area contributed by atoms with Gasteiger partial charge < -0.3 is 5.32 Å². The van der Waals surface area contributed by atoms with Gasteiger partial charge in [0.2, 0.25) is 0 Å². The summed E-state index contributed by atoms with van der Waals surface area (Å²) in [7, 11) is 0. The zero-order valence-electron chi connectivity index (χ0n) is 13.6. The average molecular weight is 286 g/mol. The Balaban J connectivity index is 1.52. The van der Waals surface area contributed by atoms with Gasteiger partial charge in [0.1, 0.15) is 0 Å². The Morgan fingerprint density at radius 1 is 1.19 bits per heavy atom. The van der Waals surface area contributed by atoms with Gasteiger partial charge in [0.05, 0.1) is 0 Å². The molecule has 0 radical (unpaired) electrons. The summed E-state index contributed by atoms with van der Waals surface area (Å²) in [6.45, 7) is 8.44. The summed E-state index contributed by atoms with van der Waals surface area (Å²) in [5.74, 6) is 1.71. The maximum atomic E-state index is 3.81. The topological polar surface area (TPSA) is 15.3 Å². The van der Waals surface area contributed by atoms with Gasteiger partial charge in [-0.3, -0.25) is 4.90 Å². The quantitative estimate of drug-likeness (QED) is 0.863. The van der Waals surface area contributed by atoms with Crippen molar-refractivity contribution in [2.24, 2.45) is 11.8 Å². The predicted molar refractivity (Wildman–Crippen MR) is 89.5 cm³/mol. The normalized spacial score (nSPS) is 27.2. The zero-order valence-corrected chi connectivity index (χ0v) is 13.6. The third-order valence-electron chi connectivity index (χ3n) is 5.20.